The van der Waals surface area contributed by atoms with E-state index in [1.165, 1.54) is 18.3 Å². The average Bonchev–Trinajstić information content (AvgIpc) is 2.96. The van der Waals surface area contributed by atoms with Gasteiger partial charge >= 0.3 is 5.97 Å². The normalized spacial score (nSPS) is 11.6. The number of benzene rings is 1. The van der Waals surface area contributed by atoms with Crippen LogP contribution in [-0.2, 0) is 9.59 Å². The summed E-state index contributed by atoms with van der Waals surface area (Å²) in [6.07, 6.45) is 0.270. The number of nitrogens with one attached hydrogen (secondary N) is 2. The van der Waals surface area contributed by atoms with Gasteiger partial charge in [0.05, 0.1) is 5.56 Å². The van der Waals surface area contributed by atoms with Crippen LogP contribution in [0.5, 0.6) is 0 Å². The Labute approximate surface area is 143 Å². The molecule has 1 unspecified atom stereocenters. The topological polar surface area (TPSA) is 95.5 Å². The summed E-state index contributed by atoms with van der Waals surface area (Å²) in [6.45, 7) is 3.03. The summed E-state index contributed by atoms with van der Waals surface area (Å²) in [4.78, 5) is 35.8. The highest BCUT2D eigenvalue weighted by molar-refractivity contribution is 7.20. The molecule has 3 N–H and O–H groups in total. The monoisotopic (exact) mass is 346 g/mol. The van der Waals surface area contributed by atoms with Crippen LogP contribution in [0.3, 0.4) is 0 Å². The molecule has 0 saturated heterocycles. The summed E-state index contributed by atoms with van der Waals surface area (Å²) in [6, 6.07) is 10.1. The van der Waals surface area contributed by atoms with Gasteiger partial charge in [0.2, 0.25) is 5.91 Å². The molecular formula is C17H18N2O4S. The van der Waals surface area contributed by atoms with E-state index < -0.39 is 17.9 Å². The lowest BCUT2D eigenvalue weighted by Crippen LogP contribution is -2.40. The van der Waals surface area contributed by atoms with Crippen molar-refractivity contribution < 1.29 is 19.5 Å². The van der Waals surface area contributed by atoms with Crippen molar-refractivity contribution in [1.29, 1.82) is 0 Å². The van der Waals surface area contributed by atoms with Crippen LogP contribution in [0.15, 0.2) is 36.4 Å². The largest absolute Gasteiger partial charge is 0.480 e. The van der Waals surface area contributed by atoms with E-state index in [2.05, 4.69) is 10.6 Å². The fourth-order valence-corrected chi connectivity index (χ4v) is 3.24. The number of carbonyl (C=O) groups excluding carboxylic acids is 2. The van der Waals surface area contributed by atoms with Gasteiger partial charge in [-0.2, -0.15) is 0 Å². The zero-order valence-corrected chi connectivity index (χ0v) is 14.1. The SMILES string of the molecule is CCC(NC(=O)c1cc(-c2ccccc2)sc1NC(C)=O)C(=O)O. The molecule has 1 heterocycles. The molecule has 1 aromatic heterocycles. The number of anilines is 1. The van der Waals surface area contributed by atoms with Gasteiger partial charge < -0.3 is 15.7 Å². The molecule has 2 aromatic rings. The van der Waals surface area contributed by atoms with Gasteiger partial charge in [0.15, 0.2) is 0 Å². The van der Waals surface area contributed by atoms with Crippen molar-refractivity contribution in [2.45, 2.75) is 26.3 Å². The number of hydrogen-bond acceptors (Lipinski definition) is 4. The van der Waals surface area contributed by atoms with Crippen molar-refractivity contribution in [3.8, 4) is 10.4 Å². The molecule has 6 nitrogen and oxygen atoms in total. The average molecular weight is 346 g/mol. The molecule has 0 fully saturated rings. The first-order chi connectivity index (χ1) is 11.4. The van der Waals surface area contributed by atoms with Gasteiger partial charge in [0.25, 0.3) is 5.91 Å². The van der Waals surface area contributed by atoms with E-state index in [4.69, 9.17) is 5.11 Å². The molecule has 1 aromatic carbocycles. The van der Waals surface area contributed by atoms with E-state index in [0.717, 1.165) is 10.4 Å². The summed E-state index contributed by atoms with van der Waals surface area (Å²) < 4.78 is 0. The standard InChI is InChI=1S/C17H18N2O4S/c1-3-13(17(22)23)19-15(21)12-9-14(11-7-5-4-6-8-11)24-16(12)18-10(2)20/h4-9,13H,3H2,1-2H3,(H,18,20)(H,19,21)(H,22,23). The zero-order chi connectivity index (χ0) is 17.7. The maximum atomic E-state index is 12.4. The maximum Gasteiger partial charge on any atom is 0.326 e. The highest BCUT2D eigenvalue weighted by atomic mass is 32.1. The van der Waals surface area contributed by atoms with E-state index in [0.29, 0.717) is 5.00 Å². The summed E-state index contributed by atoms with van der Waals surface area (Å²) in [5.41, 5.74) is 1.17. The second-order valence-corrected chi connectivity index (χ2v) is 6.23. The van der Waals surface area contributed by atoms with Crippen LogP contribution in [0.1, 0.15) is 30.6 Å². The summed E-state index contributed by atoms with van der Waals surface area (Å²) >= 11 is 1.27. The van der Waals surface area contributed by atoms with Crippen molar-refractivity contribution in [2.75, 3.05) is 5.32 Å². The maximum absolute atomic E-state index is 12.4. The number of carboxylic acids is 1. The number of hydrogen-bond donors (Lipinski definition) is 3. The minimum Gasteiger partial charge on any atom is -0.480 e. The lowest BCUT2D eigenvalue weighted by molar-refractivity contribution is -0.139. The number of carboxylic acid groups (broad SMARTS) is 1. The Morgan fingerprint density at radius 1 is 1.21 bits per heavy atom. The Morgan fingerprint density at radius 2 is 1.88 bits per heavy atom. The van der Waals surface area contributed by atoms with Gasteiger partial charge in [-0.25, -0.2) is 4.79 Å². The van der Waals surface area contributed by atoms with E-state index in [1.807, 2.05) is 30.3 Å². The molecule has 0 spiro atoms. The minimum absolute atomic E-state index is 0.258. The third-order valence-electron chi connectivity index (χ3n) is 3.34. The fraction of sp³-hybridized carbons (Fsp3) is 0.235. The fourth-order valence-electron chi connectivity index (χ4n) is 2.13. The highest BCUT2D eigenvalue weighted by Crippen LogP contribution is 2.35. The zero-order valence-electron chi connectivity index (χ0n) is 13.3. The Kier molecular flexibility index (Phi) is 5.70. The molecule has 0 aliphatic carbocycles. The molecule has 1 atom stereocenters. The first-order valence-electron chi connectivity index (χ1n) is 7.42. The summed E-state index contributed by atoms with van der Waals surface area (Å²) in [7, 11) is 0. The predicted molar refractivity (Wildman–Crippen MR) is 93.2 cm³/mol. The van der Waals surface area contributed by atoms with E-state index in [1.54, 1.807) is 13.0 Å². The molecule has 0 bridgehead atoms. The molecule has 2 rings (SSSR count). The van der Waals surface area contributed by atoms with Crippen LogP contribution in [0, 0.1) is 0 Å². The van der Waals surface area contributed by atoms with Crippen LogP contribution in [-0.4, -0.2) is 28.9 Å². The molecule has 126 valence electrons. The van der Waals surface area contributed by atoms with Crippen molar-refractivity contribution in [1.82, 2.24) is 5.32 Å². The molecular weight excluding hydrogens is 328 g/mol. The molecule has 7 heteroatoms. The van der Waals surface area contributed by atoms with Crippen LogP contribution >= 0.6 is 11.3 Å². The van der Waals surface area contributed by atoms with Crippen LogP contribution in [0.25, 0.3) is 10.4 Å². The van der Waals surface area contributed by atoms with Gasteiger partial charge in [-0.3, -0.25) is 9.59 Å². The summed E-state index contributed by atoms with van der Waals surface area (Å²) in [5.74, 6) is -1.91. The second-order valence-electron chi connectivity index (χ2n) is 5.17. The first-order valence-corrected chi connectivity index (χ1v) is 8.24. The van der Waals surface area contributed by atoms with Crippen molar-refractivity contribution >= 4 is 34.1 Å². The molecule has 0 aliphatic rings. The third kappa shape index (κ3) is 4.20. The number of amides is 2. The number of carbonyl (C=O) groups is 3. The molecule has 0 saturated carbocycles. The third-order valence-corrected chi connectivity index (χ3v) is 4.44. The van der Waals surface area contributed by atoms with Crippen LogP contribution in [0.2, 0.25) is 0 Å². The first kappa shape index (κ1) is 17.7. The van der Waals surface area contributed by atoms with E-state index >= 15 is 0 Å². The Balaban J connectivity index is 2.36. The minimum atomic E-state index is -1.09. The van der Waals surface area contributed by atoms with Gasteiger partial charge in [-0.15, -0.1) is 11.3 Å². The number of rotatable bonds is 6. The lowest BCUT2D eigenvalue weighted by Gasteiger charge is -2.12. The Hall–Kier alpha value is -2.67. The van der Waals surface area contributed by atoms with Crippen LogP contribution in [0.4, 0.5) is 5.00 Å². The van der Waals surface area contributed by atoms with Gasteiger partial charge in [0, 0.05) is 11.8 Å². The number of aliphatic carboxylic acids is 1. The van der Waals surface area contributed by atoms with Gasteiger partial charge in [0.1, 0.15) is 11.0 Å². The van der Waals surface area contributed by atoms with Crippen molar-refractivity contribution in [2.24, 2.45) is 0 Å². The van der Waals surface area contributed by atoms with Crippen molar-refractivity contribution in [3.63, 3.8) is 0 Å². The smallest absolute Gasteiger partial charge is 0.326 e. The van der Waals surface area contributed by atoms with E-state index in [9.17, 15) is 14.4 Å². The second kappa shape index (κ2) is 7.74. The van der Waals surface area contributed by atoms with Gasteiger partial charge in [-0.1, -0.05) is 37.3 Å². The van der Waals surface area contributed by atoms with E-state index in [-0.39, 0.29) is 17.9 Å². The van der Waals surface area contributed by atoms with Gasteiger partial charge in [-0.05, 0) is 18.1 Å². The molecule has 24 heavy (non-hydrogen) atoms. The molecule has 0 radical (unpaired) electrons. The quantitative estimate of drug-likeness (QED) is 0.749. The summed E-state index contributed by atoms with van der Waals surface area (Å²) in [5, 5.41) is 14.6. The van der Waals surface area contributed by atoms with Crippen LogP contribution < -0.4 is 10.6 Å². The highest BCUT2D eigenvalue weighted by Gasteiger charge is 2.23. The Bertz CT molecular complexity index is 755. The van der Waals surface area contributed by atoms with Crippen molar-refractivity contribution in [3.05, 3.63) is 42.0 Å². The lowest BCUT2D eigenvalue weighted by atomic mass is 10.1. The predicted octanol–water partition coefficient (Wildman–Crippen LogP) is 2.97. The molecule has 0 aliphatic heterocycles. The molecule has 2 amide bonds. The Morgan fingerprint density at radius 3 is 2.42 bits per heavy atom. The number of thiophene rings is 1.